The Morgan fingerprint density at radius 3 is 2.27 bits per heavy atom. The Bertz CT molecular complexity index is 1000. The van der Waals surface area contributed by atoms with E-state index in [1.165, 1.54) is 12.1 Å². The minimum absolute atomic E-state index is 0.165. The summed E-state index contributed by atoms with van der Waals surface area (Å²) in [5, 5.41) is 0. The first kappa shape index (κ1) is 14.9. The van der Waals surface area contributed by atoms with Crippen LogP contribution >= 0.6 is 15.9 Å². The summed E-state index contributed by atoms with van der Waals surface area (Å²) in [7, 11) is -3.69. The smallest absolute Gasteiger partial charge is 0.306 e. The van der Waals surface area contributed by atoms with Crippen LogP contribution in [-0.2, 0) is 10.0 Å². The molecule has 0 amide bonds. The van der Waals surface area contributed by atoms with Crippen molar-refractivity contribution in [1.29, 1.82) is 0 Å². The number of nitrogens with one attached hydrogen (secondary N) is 3. The Labute approximate surface area is 134 Å². The largest absolute Gasteiger partial charge is 0.323 e. The minimum atomic E-state index is -3.69. The van der Waals surface area contributed by atoms with Gasteiger partial charge in [-0.25, -0.2) is 13.2 Å². The highest BCUT2D eigenvalue weighted by Gasteiger charge is 2.16. The van der Waals surface area contributed by atoms with E-state index in [1.807, 2.05) is 0 Å². The zero-order valence-corrected chi connectivity index (χ0v) is 13.9. The molecule has 8 heteroatoms. The number of anilines is 1. The first-order valence-corrected chi connectivity index (χ1v) is 8.64. The summed E-state index contributed by atoms with van der Waals surface area (Å²) in [6.45, 7) is 1.77. The molecule has 0 aliphatic carbocycles. The summed E-state index contributed by atoms with van der Waals surface area (Å²) < 4.78 is 28.1. The van der Waals surface area contributed by atoms with Crippen LogP contribution in [0.5, 0.6) is 0 Å². The SMILES string of the molecule is Cc1cc2[nH]c(=O)[nH]c2cc1NS(=O)(=O)c1ccc(Br)cc1. The van der Waals surface area contributed by atoms with Crippen molar-refractivity contribution >= 4 is 42.7 Å². The molecule has 2 aromatic carbocycles. The summed E-state index contributed by atoms with van der Waals surface area (Å²) in [5.41, 5.74) is 1.98. The summed E-state index contributed by atoms with van der Waals surface area (Å²) in [5.74, 6) is 0. The Kier molecular flexibility index (Phi) is 3.57. The standard InChI is InChI=1S/C14H12BrN3O3S/c1-8-6-12-13(17-14(19)16-12)7-11(8)18-22(20,21)10-4-2-9(15)3-5-10/h2-7,18H,1H3,(H2,16,17,19). The van der Waals surface area contributed by atoms with Crippen molar-refractivity contribution in [2.24, 2.45) is 0 Å². The maximum absolute atomic E-state index is 12.4. The number of aromatic nitrogens is 2. The average molecular weight is 382 g/mol. The third-order valence-electron chi connectivity index (χ3n) is 3.23. The molecule has 22 heavy (non-hydrogen) atoms. The molecule has 3 N–H and O–H groups in total. The van der Waals surface area contributed by atoms with Crippen LogP contribution in [0.3, 0.4) is 0 Å². The van der Waals surface area contributed by atoms with Gasteiger partial charge >= 0.3 is 5.69 Å². The number of aromatic amines is 2. The van der Waals surface area contributed by atoms with E-state index in [1.54, 1.807) is 31.2 Å². The molecule has 0 bridgehead atoms. The number of benzene rings is 2. The molecule has 1 aromatic heterocycles. The summed E-state index contributed by atoms with van der Waals surface area (Å²) in [6, 6.07) is 9.66. The van der Waals surface area contributed by atoms with Crippen molar-refractivity contribution in [1.82, 2.24) is 9.97 Å². The number of rotatable bonds is 3. The second-order valence-electron chi connectivity index (χ2n) is 4.85. The van der Waals surface area contributed by atoms with Crippen molar-refractivity contribution in [2.75, 3.05) is 4.72 Å². The lowest BCUT2D eigenvalue weighted by molar-refractivity contribution is 0.601. The second kappa shape index (κ2) is 5.29. The molecule has 0 spiro atoms. The molecule has 3 rings (SSSR count). The van der Waals surface area contributed by atoms with E-state index in [0.29, 0.717) is 22.3 Å². The molecule has 0 aliphatic heterocycles. The average Bonchev–Trinajstić information content (AvgIpc) is 2.78. The van der Waals surface area contributed by atoms with E-state index in [4.69, 9.17) is 0 Å². The quantitative estimate of drug-likeness (QED) is 0.650. The number of sulfonamides is 1. The fourth-order valence-corrected chi connectivity index (χ4v) is 3.50. The Hall–Kier alpha value is -2.06. The van der Waals surface area contributed by atoms with E-state index in [2.05, 4.69) is 30.6 Å². The molecule has 0 fully saturated rings. The van der Waals surface area contributed by atoms with Gasteiger partial charge in [0.05, 0.1) is 21.6 Å². The van der Waals surface area contributed by atoms with Gasteiger partial charge in [-0.05, 0) is 48.9 Å². The predicted molar refractivity (Wildman–Crippen MR) is 88.6 cm³/mol. The topological polar surface area (TPSA) is 94.8 Å². The van der Waals surface area contributed by atoms with Gasteiger partial charge in [0.15, 0.2) is 0 Å². The third-order valence-corrected chi connectivity index (χ3v) is 5.14. The Morgan fingerprint density at radius 2 is 1.64 bits per heavy atom. The van der Waals surface area contributed by atoms with Crippen LogP contribution in [0.4, 0.5) is 5.69 Å². The van der Waals surface area contributed by atoms with Crippen molar-refractivity contribution in [3.63, 3.8) is 0 Å². The van der Waals surface area contributed by atoms with Crippen LogP contribution in [0.15, 0.2) is 50.6 Å². The van der Waals surface area contributed by atoms with E-state index in [0.717, 1.165) is 4.47 Å². The van der Waals surface area contributed by atoms with Crippen LogP contribution in [0.25, 0.3) is 11.0 Å². The molecule has 1 heterocycles. The number of aryl methyl sites for hydroxylation is 1. The van der Waals surface area contributed by atoms with Gasteiger partial charge < -0.3 is 9.97 Å². The molecular formula is C14H12BrN3O3S. The number of hydrogen-bond donors (Lipinski definition) is 3. The van der Waals surface area contributed by atoms with Crippen LogP contribution < -0.4 is 10.4 Å². The summed E-state index contributed by atoms with van der Waals surface area (Å²) in [6.07, 6.45) is 0. The lowest BCUT2D eigenvalue weighted by atomic mass is 10.2. The van der Waals surface area contributed by atoms with Crippen molar-refractivity contribution < 1.29 is 8.42 Å². The van der Waals surface area contributed by atoms with E-state index >= 15 is 0 Å². The molecular weight excluding hydrogens is 370 g/mol. The number of halogens is 1. The number of fused-ring (bicyclic) bond motifs is 1. The zero-order valence-electron chi connectivity index (χ0n) is 11.5. The Morgan fingerprint density at radius 1 is 1.05 bits per heavy atom. The van der Waals surface area contributed by atoms with Crippen LogP contribution in [0.1, 0.15) is 5.56 Å². The van der Waals surface area contributed by atoms with Crippen LogP contribution in [-0.4, -0.2) is 18.4 Å². The number of hydrogen-bond acceptors (Lipinski definition) is 3. The van der Waals surface area contributed by atoms with E-state index < -0.39 is 10.0 Å². The fourth-order valence-electron chi connectivity index (χ4n) is 2.12. The summed E-state index contributed by atoms with van der Waals surface area (Å²) in [4.78, 5) is 16.7. The van der Waals surface area contributed by atoms with Crippen LogP contribution in [0.2, 0.25) is 0 Å². The highest BCUT2D eigenvalue weighted by Crippen LogP contribution is 2.24. The molecule has 0 atom stereocenters. The minimum Gasteiger partial charge on any atom is -0.306 e. The molecule has 0 unspecified atom stereocenters. The second-order valence-corrected chi connectivity index (χ2v) is 7.45. The van der Waals surface area contributed by atoms with Crippen molar-refractivity contribution in [3.05, 3.63) is 56.9 Å². The predicted octanol–water partition coefficient (Wildman–Crippen LogP) is 2.73. The fraction of sp³-hybridized carbons (Fsp3) is 0.0714. The molecule has 0 radical (unpaired) electrons. The molecule has 0 aliphatic rings. The first-order chi connectivity index (χ1) is 10.3. The molecule has 0 saturated heterocycles. The third kappa shape index (κ3) is 2.79. The van der Waals surface area contributed by atoms with Crippen molar-refractivity contribution in [2.45, 2.75) is 11.8 Å². The monoisotopic (exact) mass is 381 g/mol. The maximum atomic E-state index is 12.4. The first-order valence-electron chi connectivity index (χ1n) is 6.36. The van der Waals surface area contributed by atoms with Gasteiger partial charge in [-0.2, -0.15) is 0 Å². The van der Waals surface area contributed by atoms with Crippen LogP contribution in [0, 0.1) is 6.92 Å². The molecule has 3 aromatic rings. The lowest BCUT2D eigenvalue weighted by Crippen LogP contribution is -2.13. The molecule has 114 valence electrons. The zero-order chi connectivity index (χ0) is 15.9. The summed E-state index contributed by atoms with van der Waals surface area (Å²) >= 11 is 3.27. The molecule has 6 nitrogen and oxygen atoms in total. The lowest BCUT2D eigenvalue weighted by Gasteiger charge is -2.11. The normalized spacial score (nSPS) is 11.7. The van der Waals surface area contributed by atoms with E-state index in [-0.39, 0.29) is 10.6 Å². The van der Waals surface area contributed by atoms with Gasteiger partial charge in [-0.15, -0.1) is 0 Å². The van der Waals surface area contributed by atoms with Gasteiger partial charge in [0.25, 0.3) is 10.0 Å². The highest BCUT2D eigenvalue weighted by atomic mass is 79.9. The van der Waals surface area contributed by atoms with Gasteiger partial charge in [-0.3, -0.25) is 4.72 Å². The van der Waals surface area contributed by atoms with Gasteiger partial charge in [0, 0.05) is 4.47 Å². The number of H-pyrrole nitrogens is 2. The van der Waals surface area contributed by atoms with Crippen molar-refractivity contribution in [3.8, 4) is 0 Å². The number of imidazole rings is 1. The van der Waals surface area contributed by atoms with E-state index in [9.17, 15) is 13.2 Å². The van der Waals surface area contributed by atoms with Gasteiger partial charge in [0.1, 0.15) is 0 Å². The highest BCUT2D eigenvalue weighted by molar-refractivity contribution is 9.10. The molecule has 0 saturated carbocycles. The maximum Gasteiger partial charge on any atom is 0.323 e. The van der Waals surface area contributed by atoms with Gasteiger partial charge in [0.2, 0.25) is 0 Å². The Balaban J connectivity index is 2.03. The van der Waals surface area contributed by atoms with Gasteiger partial charge in [-0.1, -0.05) is 15.9 Å².